The van der Waals surface area contributed by atoms with Gasteiger partial charge in [-0.25, -0.2) is 0 Å². The predicted molar refractivity (Wildman–Crippen MR) is 77.6 cm³/mol. The van der Waals surface area contributed by atoms with E-state index in [0.717, 1.165) is 25.1 Å². The quantitative estimate of drug-likeness (QED) is 0.675. The lowest BCUT2D eigenvalue weighted by Crippen LogP contribution is -2.15. The first-order valence-corrected chi connectivity index (χ1v) is 6.87. The third kappa shape index (κ3) is 3.19. The summed E-state index contributed by atoms with van der Waals surface area (Å²) in [4.78, 5) is 10.6. The first-order valence-electron chi connectivity index (χ1n) is 6.87. The Balaban J connectivity index is 1.71. The van der Waals surface area contributed by atoms with Crippen LogP contribution >= 0.6 is 0 Å². The SMILES string of the molecule is O=[N+]([O-])c1ccccc1Nc1cnn(CC2CCCO2)c1. The number of nitrogens with zero attached hydrogens (tertiary/aromatic N) is 3. The Morgan fingerprint density at radius 2 is 2.33 bits per heavy atom. The van der Waals surface area contributed by atoms with Crippen LogP contribution < -0.4 is 5.32 Å². The maximum absolute atomic E-state index is 11.0. The van der Waals surface area contributed by atoms with Crippen LogP contribution in [0.2, 0.25) is 0 Å². The van der Waals surface area contributed by atoms with Gasteiger partial charge in [0.25, 0.3) is 5.69 Å². The molecule has 1 aliphatic rings. The van der Waals surface area contributed by atoms with Crippen molar-refractivity contribution in [3.05, 3.63) is 46.8 Å². The van der Waals surface area contributed by atoms with E-state index >= 15 is 0 Å². The second-order valence-corrected chi connectivity index (χ2v) is 4.99. The van der Waals surface area contributed by atoms with Gasteiger partial charge >= 0.3 is 0 Å². The Labute approximate surface area is 121 Å². The van der Waals surface area contributed by atoms with Gasteiger partial charge in [0.1, 0.15) is 5.69 Å². The van der Waals surface area contributed by atoms with E-state index in [1.54, 1.807) is 29.1 Å². The van der Waals surface area contributed by atoms with Gasteiger partial charge in [-0.15, -0.1) is 0 Å². The van der Waals surface area contributed by atoms with Crippen molar-refractivity contribution < 1.29 is 9.66 Å². The molecule has 1 aliphatic heterocycles. The van der Waals surface area contributed by atoms with Gasteiger partial charge < -0.3 is 10.1 Å². The molecule has 2 heterocycles. The molecule has 0 saturated carbocycles. The minimum atomic E-state index is -0.404. The van der Waals surface area contributed by atoms with E-state index in [1.165, 1.54) is 6.07 Å². The first-order chi connectivity index (χ1) is 10.2. The molecule has 1 aromatic carbocycles. The number of nitro benzene ring substituents is 1. The summed E-state index contributed by atoms with van der Waals surface area (Å²) in [5.74, 6) is 0. The molecule has 0 bridgehead atoms. The summed E-state index contributed by atoms with van der Waals surface area (Å²) >= 11 is 0. The molecule has 21 heavy (non-hydrogen) atoms. The lowest BCUT2D eigenvalue weighted by atomic mass is 10.2. The fraction of sp³-hybridized carbons (Fsp3) is 0.357. The van der Waals surface area contributed by atoms with E-state index in [-0.39, 0.29) is 11.8 Å². The highest BCUT2D eigenvalue weighted by Gasteiger charge is 2.17. The summed E-state index contributed by atoms with van der Waals surface area (Å²) in [6.07, 6.45) is 5.84. The average molecular weight is 288 g/mol. The number of ether oxygens (including phenoxy) is 1. The fourth-order valence-corrected chi connectivity index (χ4v) is 2.42. The Morgan fingerprint density at radius 3 is 3.10 bits per heavy atom. The van der Waals surface area contributed by atoms with E-state index in [9.17, 15) is 10.1 Å². The molecule has 1 saturated heterocycles. The van der Waals surface area contributed by atoms with Crippen LogP contribution in [0.1, 0.15) is 12.8 Å². The largest absolute Gasteiger partial charge is 0.376 e. The van der Waals surface area contributed by atoms with Crippen molar-refractivity contribution in [1.82, 2.24) is 9.78 Å². The van der Waals surface area contributed by atoms with Crippen molar-refractivity contribution in [2.24, 2.45) is 0 Å². The maximum Gasteiger partial charge on any atom is 0.292 e. The summed E-state index contributed by atoms with van der Waals surface area (Å²) in [5, 5.41) is 18.3. The molecular weight excluding hydrogens is 272 g/mol. The van der Waals surface area contributed by atoms with Crippen molar-refractivity contribution in [3.63, 3.8) is 0 Å². The number of rotatable bonds is 5. The van der Waals surface area contributed by atoms with Gasteiger partial charge in [0.2, 0.25) is 0 Å². The van der Waals surface area contributed by atoms with Crippen molar-refractivity contribution >= 4 is 17.1 Å². The second-order valence-electron chi connectivity index (χ2n) is 4.99. The van der Waals surface area contributed by atoms with E-state index in [2.05, 4.69) is 10.4 Å². The maximum atomic E-state index is 11.0. The van der Waals surface area contributed by atoms with Crippen molar-refractivity contribution in [1.29, 1.82) is 0 Å². The molecule has 1 N–H and O–H groups in total. The normalized spacial score (nSPS) is 17.8. The molecule has 1 aromatic heterocycles. The van der Waals surface area contributed by atoms with Crippen LogP contribution in [0, 0.1) is 10.1 Å². The van der Waals surface area contributed by atoms with E-state index in [4.69, 9.17) is 4.74 Å². The van der Waals surface area contributed by atoms with Crippen molar-refractivity contribution in [2.45, 2.75) is 25.5 Å². The standard InChI is InChI=1S/C14H16N4O3/c19-18(20)14-6-2-1-5-13(14)16-11-8-15-17(9-11)10-12-4-3-7-21-12/h1-2,5-6,8-9,12,16H,3-4,7,10H2. The van der Waals surface area contributed by atoms with Crippen LogP contribution in [-0.4, -0.2) is 27.4 Å². The van der Waals surface area contributed by atoms with Gasteiger partial charge in [0.15, 0.2) is 0 Å². The average Bonchev–Trinajstić information content (AvgIpc) is 3.12. The number of aromatic nitrogens is 2. The summed E-state index contributed by atoms with van der Waals surface area (Å²) in [6.45, 7) is 1.52. The second kappa shape index (κ2) is 5.92. The number of hydrogen-bond donors (Lipinski definition) is 1. The molecule has 0 aliphatic carbocycles. The smallest absolute Gasteiger partial charge is 0.292 e. The number of nitro groups is 1. The van der Waals surface area contributed by atoms with E-state index < -0.39 is 4.92 Å². The lowest BCUT2D eigenvalue weighted by Gasteiger charge is -2.08. The van der Waals surface area contributed by atoms with Crippen molar-refractivity contribution in [3.8, 4) is 0 Å². The highest BCUT2D eigenvalue weighted by Crippen LogP contribution is 2.26. The monoisotopic (exact) mass is 288 g/mol. The van der Waals surface area contributed by atoms with Crippen molar-refractivity contribution in [2.75, 3.05) is 11.9 Å². The number of benzene rings is 1. The highest BCUT2D eigenvalue weighted by atomic mass is 16.6. The third-order valence-electron chi connectivity index (χ3n) is 3.43. The Morgan fingerprint density at radius 1 is 1.48 bits per heavy atom. The number of nitrogens with one attached hydrogen (secondary N) is 1. The fourth-order valence-electron chi connectivity index (χ4n) is 2.42. The van der Waals surface area contributed by atoms with Crippen LogP contribution in [0.5, 0.6) is 0 Å². The van der Waals surface area contributed by atoms with Gasteiger partial charge in [0.05, 0.1) is 29.5 Å². The zero-order chi connectivity index (χ0) is 14.7. The van der Waals surface area contributed by atoms with Crippen LogP contribution in [0.15, 0.2) is 36.7 Å². The third-order valence-corrected chi connectivity index (χ3v) is 3.43. The van der Waals surface area contributed by atoms with Crippen LogP contribution in [0.3, 0.4) is 0 Å². The zero-order valence-electron chi connectivity index (χ0n) is 11.4. The van der Waals surface area contributed by atoms with Gasteiger partial charge in [0, 0.05) is 18.9 Å². The minimum Gasteiger partial charge on any atom is -0.376 e. The topological polar surface area (TPSA) is 82.2 Å². The lowest BCUT2D eigenvalue weighted by molar-refractivity contribution is -0.383. The summed E-state index contributed by atoms with van der Waals surface area (Å²) in [5.41, 5.74) is 1.23. The Hall–Kier alpha value is -2.41. The number of hydrogen-bond acceptors (Lipinski definition) is 5. The summed E-state index contributed by atoms with van der Waals surface area (Å²) < 4.78 is 7.36. The predicted octanol–water partition coefficient (Wildman–Crippen LogP) is 2.71. The molecule has 0 spiro atoms. The molecule has 7 heteroatoms. The molecule has 0 radical (unpaired) electrons. The summed E-state index contributed by atoms with van der Waals surface area (Å²) in [7, 11) is 0. The molecule has 1 unspecified atom stereocenters. The van der Waals surface area contributed by atoms with E-state index in [0.29, 0.717) is 12.2 Å². The molecular formula is C14H16N4O3. The summed E-state index contributed by atoms with van der Waals surface area (Å²) in [6, 6.07) is 6.55. The molecule has 0 amide bonds. The molecule has 7 nitrogen and oxygen atoms in total. The number of para-hydroxylation sites is 2. The molecule has 1 fully saturated rings. The van der Waals surface area contributed by atoms with Gasteiger partial charge in [-0.3, -0.25) is 14.8 Å². The molecule has 110 valence electrons. The number of anilines is 2. The Kier molecular flexibility index (Phi) is 3.83. The first kappa shape index (κ1) is 13.6. The van der Waals surface area contributed by atoms with Gasteiger partial charge in [-0.05, 0) is 18.9 Å². The molecule has 3 rings (SSSR count). The molecule has 2 aromatic rings. The molecule has 1 atom stereocenters. The highest BCUT2D eigenvalue weighted by molar-refractivity contribution is 5.68. The van der Waals surface area contributed by atoms with Gasteiger partial charge in [-0.1, -0.05) is 12.1 Å². The van der Waals surface area contributed by atoms with E-state index in [1.807, 2.05) is 6.20 Å². The van der Waals surface area contributed by atoms with Crippen LogP contribution in [0.4, 0.5) is 17.1 Å². The van der Waals surface area contributed by atoms with Crippen LogP contribution in [0.25, 0.3) is 0 Å². The minimum absolute atomic E-state index is 0.0457. The van der Waals surface area contributed by atoms with Gasteiger partial charge in [-0.2, -0.15) is 5.10 Å². The zero-order valence-corrected chi connectivity index (χ0v) is 11.4. The van der Waals surface area contributed by atoms with Crippen LogP contribution in [-0.2, 0) is 11.3 Å². The Bertz CT molecular complexity index is 635.